The maximum atomic E-state index is 10.9. The molecule has 0 aromatic heterocycles. The molecule has 0 fully saturated rings. The minimum absolute atomic E-state index is 0.283. The Kier molecular flexibility index (Phi) is 4.56. The molecule has 4 nitrogen and oxygen atoms in total. The molecule has 0 radical (unpaired) electrons. The third kappa shape index (κ3) is 3.51. The fourth-order valence-corrected chi connectivity index (χ4v) is 1.51. The predicted molar refractivity (Wildman–Crippen MR) is 66.0 cm³/mol. The van der Waals surface area contributed by atoms with E-state index in [-0.39, 0.29) is 6.42 Å². The molecular formula is C12H11ClN2O2. The Labute approximate surface area is 104 Å². The molecule has 5 heteroatoms. The van der Waals surface area contributed by atoms with Crippen LogP contribution in [0.5, 0.6) is 0 Å². The van der Waals surface area contributed by atoms with E-state index < -0.39 is 12.0 Å². The summed E-state index contributed by atoms with van der Waals surface area (Å²) in [5.74, 6) is -0.981. The summed E-state index contributed by atoms with van der Waals surface area (Å²) >= 11 is 5.92. The number of aliphatic carboxylic acids is 1. The number of hydrogen-bond acceptors (Lipinski definition) is 3. The Morgan fingerprint density at radius 3 is 2.88 bits per heavy atom. The maximum absolute atomic E-state index is 10.9. The number of carbonyl (C=O) groups is 1. The van der Waals surface area contributed by atoms with Crippen LogP contribution in [0.4, 0.5) is 5.69 Å². The fraction of sp³-hybridized carbons (Fsp3) is 0.167. The SMILES string of the molecule is C=CCC(Nc1ccc(C#N)cc1Cl)C(=O)O. The first-order chi connectivity index (χ1) is 8.08. The van der Waals surface area contributed by atoms with Gasteiger partial charge < -0.3 is 10.4 Å². The average Bonchev–Trinajstić information content (AvgIpc) is 2.30. The van der Waals surface area contributed by atoms with Crippen LogP contribution in [-0.4, -0.2) is 17.1 Å². The molecule has 0 bridgehead atoms. The summed E-state index contributed by atoms with van der Waals surface area (Å²) in [7, 11) is 0. The zero-order valence-electron chi connectivity index (χ0n) is 8.98. The van der Waals surface area contributed by atoms with Crippen LogP contribution in [0, 0.1) is 11.3 Å². The molecule has 1 aromatic rings. The first-order valence-electron chi connectivity index (χ1n) is 4.88. The van der Waals surface area contributed by atoms with Crippen LogP contribution in [0.1, 0.15) is 12.0 Å². The first-order valence-corrected chi connectivity index (χ1v) is 5.26. The van der Waals surface area contributed by atoms with E-state index in [0.29, 0.717) is 16.3 Å². The van der Waals surface area contributed by atoms with Crippen molar-refractivity contribution in [1.82, 2.24) is 0 Å². The van der Waals surface area contributed by atoms with Crippen molar-refractivity contribution in [3.63, 3.8) is 0 Å². The lowest BCUT2D eigenvalue weighted by Crippen LogP contribution is -2.28. The second kappa shape index (κ2) is 5.92. The van der Waals surface area contributed by atoms with Crippen molar-refractivity contribution in [2.24, 2.45) is 0 Å². The monoisotopic (exact) mass is 250 g/mol. The summed E-state index contributed by atoms with van der Waals surface area (Å²) in [4.78, 5) is 10.9. The number of benzene rings is 1. The Morgan fingerprint density at radius 2 is 2.41 bits per heavy atom. The van der Waals surface area contributed by atoms with E-state index in [1.807, 2.05) is 6.07 Å². The summed E-state index contributed by atoms with van der Waals surface area (Å²) in [6.45, 7) is 3.49. The Morgan fingerprint density at radius 1 is 1.71 bits per heavy atom. The molecule has 0 saturated carbocycles. The summed E-state index contributed by atoms with van der Waals surface area (Å²) in [5, 5.41) is 20.7. The molecule has 0 aliphatic heterocycles. The molecule has 17 heavy (non-hydrogen) atoms. The van der Waals surface area contributed by atoms with Gasteiger partial charge in [-0.25, -0.2) is 4.79 Å². The summed E-state index contributed by atoms with van der Waals surface area (Å²) in [5.41, 5.74) is 0.913. The smallest absolute Gasteiger partial charge is 0.326 e. The Hall–Kier alpha value is -1.99. The molecule has 1 rings (SSSR count). The van der Waals surface area contributed by atoms with Gasteiger partial charge in [0.15, 0.2) is 0 Å². The molecule has 0 saturated heterocycles. The molecule has 0 amide bonds. The number of carboxylic acids is 1. The van der Waals surface area contributed by atoms with Gasteiger partial charge in [0.1, 0.15) is 6.04 Å². The van der Waals surface area contributed by atoms with E-state index >= 15 is 0 Å². The molecule has 0 aliphatic rings. The molecule has 1 atom stereocenters. The van der Waals surface area contributed by atoms with E-state index in [1.54, 1.807) is 12.1 Å². The van der Waals surface area contributed by atoms with Gasteiger partial charge >= 0.3 is 5.97 Å². The van der Waals surface area contributed by atoms with Gasteiger partial charge in [0.25, 0.3) is 0 Å². The molecule has 1 aromatic carbocycles. The largest absolute Gasteiger partial charge is 0.480 e. The topological polar surface area (TPSA) is 73.1 Å². The molecular weight excluding hydrogens is 240 g/mol. The van der Waals surface area contributed by atoms with E-state index in [1.165, 1.54) is 12.1 Å². The van der Waals surface area contributed by atoms with Crippen molar-refractivity contribution in [2.45, 2.75) is 12.5 Å². The molecule has 0 spiro atoms. The second-order valence-electron chi connectivity index (χ2n) is 3.37. The van der Waals surface area contributed by atoms with Gasteiger partial charge in [-0.15, -0.1) is 6.58 Å². The van der Waals surface area contributed by atoms with Gasteiger partial charge in [0.2, 0.25) is 0 Å². The summed E-state index contributed by atoms with van der Waals surface area (Å²) in [6, 6.07) is 5.81. The third-order valence-electron chi connectivity index (χ3n) is 2.13. The number of anilines is 1. The predicted octanol–water partition coefficient (Wildman–Crippen LogP) is 2.65. The van der Waals surface area contributed by atoms with Crippen molar-refractivity contribution in [3.05, 3.63) is 41.4 Å². The molecule has 0 heterocycles. The fourth-order valence-electron chi connectivity index (χ4n) is 1.28. The second-order valence-corrected chi connectivity index (χ2v) is 3.77. The lowest BCUT2D eigenvalue weighted by Gasteiger charge is -2.15. The number of rotatable bonds is 5. The third-order valence-corrected chi connectivity index (χ3v) is 2.44. The highest BCUT2D eigenvalue weighted by Crippen LogP contribution is 2.24. The summed E-state index contributed by atoms with van der Waals surface area (Å²) < 4.78 is 0. The highest BCUT2D eigenvalue weighted by Gasteiger charge is 2.16. The highest BCUT2D eigenvalue weighted by atomic mass is 35.5. The van der Waals surface area contributed by atoms with Crippen LogP contribution in [0.3, 0.4) is 0 Å². The van der Waals surface area contributed by atoms with Crippen LogP contribution in [0.2, 0.25) is 5.02 Å². The van der Waals surface area contributed by atoms with Crippen LogP contribution >= 0.6 is 11.6 Å². The van der Waals surface area contributed by atoms with Crippen molar-refractivity contribution in [3.8, 4) is 6.07 Å². The van der Waals surface area contributed by atoms with Gasteiger partial charge in [0, 0.05) is 0 Å². The van der Waals surface area contributed by atoms with Crippen molar-refractivity contribution < 1.29 is 9.90 Å². The molecule has 88 valence electrons. The molecule has 1 unspecified atom stereocenters. The number of halogens is 1. The first kappa shape index (κ1) is 13.1. The Bertz CT molecular complexity index is 480. The van der Waals surface area contributed by atoms with Gasteiger partial charge in [-0.2, -0.15) is 5.26 Å². The standard InChI is InChI=1S/C12H11ClN2O2/c1-2-3-11(12(16)17)15-10-5-4-8(7-14)6-9(10)13/h2,4-6,11,15H,1,3H2,(H,16,17). The average molecular weight is 251 g/mol. The van der Waals surface area contributed by atoms with Gasteiger partial charge in [-0.3, -0.25) is 0 Å². The van der Waals surface area contributed by atoms with Gasteiger partial charge in [0.05, 0.1) is 22.3 Å². The zero-order chi connectivity index (χ0) is 12.8. The van der Waals surface area contributed by atoms with Crippen molar-refractivity contribution in [2.75, 3.05) is 5.32 Å². The number of nitrogens with zero attached hydrogens (tertiary/aromatic N) is 1. The zero-order valence-corrected chi connectivity index (χ0v) is 9.74. The molecule has 2 N–H and O–H groups in total. The normalized spacial score (nSPS) is 11.3. The highest BCUT2D eigenvalue weighted by molar-refractivity contribution is 6.33. The quantitative estimate of drug-likeness (QED) is 0.788. The van der Waals surface area contributed by atoms with E-state index in [2.05, 4.69) is 11.9 Å². The lowest BCUT2D eigenvalue weighted by atomic mass is 10.1. The minimum Gasteiger partial charge on any atom is -0.480 e. The van der Waals surface area contributed by atoms with Gasteiger partial charge in [-0.05, 0) is 24.6 Å². The minimum atomic E-state index is -0.981. The van der Waals surface area contributed by atoms with Crippen molar-refractivity contribution >= 4 is 23.3 Å². The summed E-state index contributed by atoms with van der Waals surface area (Å²) in [6.07, 6.45) is 1.80. The van der Waals surface area contributed by atoms with Crippen LogP contribution in [-0.2, 0) is 4.79 Å². The number of carboxylic acid groups (broad SMARTS) is 1. The number of hydrogen-bond donors (Lipinski definition) is 2. The lowest BCUT2D eigenvalue weighted by molar-refractivity contribution is -0.137. The number of nitriles is 1. The van der Waals surface area contributed by atoms with Crippen LogP contribution < -0.4 is 5.32 Å². The van der Waals surface area contributed by atoms with Crippen LogP contribution in [0.15, 0.2) is 30.9 Å². The Balaban J connectivity index is 2.90. The van der Waals surface area contributed by atoms with E-state index in [4.69, 9.17) is 22.0 Å². The maximum Gasteiger partial charge on any atom is 0.326 e. The van der Waals surface area contributed by atoms with Crippen LogP contribution in [0.25, 0.3) is 0 Å². The van der Waals surface area contributed by atoms with E-state index in [9.17, 15) is 4.79 Å². The van der Waals surface area contributed by atoms with E-state index in [0.717, 1.165) is 0 Å². The van der Waals surface area contributed by atoms with Gasteiger partial charge in [-0.1, -0.05) is 17.7 Å². The number of nitrogens with one attached hydrogen (secondary N) is 1. The van der Waals surface area contributed by atoms with Crippen molar-refractivity contribution in [1.29, 1.82) is 5.26 Å². The molecule has 0 aliphatic carbocycles.